The third-order valence-corrected chi connectivity index (χ3v) is 4.30. The maximum Gasteiger partial charge on any atom is 0.252 e. The Morgan fingerprint density at radius 1 is 1.22 bits per heavy atom. The number of rotatable bonds is 5. The van der Waals surface area contributed by atoms with Crippen molar-refractivity contribution < 1.29 is 4.79 Å². The van der Waals surface area contributed by atoms with Crippen molar-refractivity contribution in [2.75, 3.05) is 11.8 Å². The molecule has 4 heteroatoms. The normalized spacial score (nSPS) is 11.4. The molecule has 1 aromatic rings. The predicted octanol–water partition coefficient (Wildman–Crippen LogP) is 3.66. The summed E-state index contributed by atoms with van der Waals surface area (Å²) in [5, 5.41) is 2.97. The van der Waals surface area contributed by atoms with E-state index >= 15 is 0 Å². The van der Waals surface area contributed by atoms with Gasteiger partial charge in [-0.15, -0.1) is 23.2 Å². The van der Waals surface area contributed by atoms with E-state index in [-0.39, 0.29) is 5.91 Å². The fourth-order valence-corrected chi connectivity index (χ4v) is 2.65. The summed E-state index contributed by atoms with van der Waals surface area (Å²) in [6, 6.07) is 5.80. The monoisotopic (exact) mass is 287 g/mol. The minimum atomic E-state index is -0.533. The number of halogens is 2. The van der Waals surface area contributed by atoms with Crippen LogP contribution in [0.3, 0.4) is 0 Å². The van der Waals surface area contributed by atoms with Crippen LogP contribution in [0.4, 0.5) is 0 Å². The van der Waals surface area contributed by atoms with Crippen LogP contribution in [-0.2, 0) is 0 Å². The predicted molar refractivity (Wildman–Crippen MR) is 77.8 cm³/mol. The number of amides is 1. The Labute approximate surface area is 119 Å². The lowest BCUT2D eigenvalue weighted by molar-refractivity contribution is 0.0912. The molecule has 2 nitrogen and oxygen atoms in total. The summed E-state index contributed by atoms with van der Waals surface area (Å²) >= 11 is 11.9. The molecule has 0 aromatic heterocycles. The summed E-state index contributed by atoms with van der Waals surface area (Å²) in [6.07, 6.45) is 0.705. The number of benzene rings is 1. The molecule has 0 saturated heterocycles. The van der Waals surface area contributed by atoms with Gasteiger partial charge >= 0.3 is 0 Å². The molecule has 1 aromatic carbocycles. The number of carbonyl (C=O) groups excluding carboxylic acids is 1. The molecule has 0 heterocycles. The second kappa shape index (κ2) is 6.44. The third-order valence-electron chi connectivity index (χ3n) is 3.28. The van der Waals surface area contributed by atoms with Crippen LogP contribution in [0.15, 0.2) is 18.2 Å². The Morgan fingerprint density at radius 2 is 1.72 bits per heavy atom. The van der Waals surface area contributed by atoms with Crippen LogP contribution in [0.25, 0.3) is 0 Å². The molecule has 0 saturated carbocycles. The van der Waals surface area contributed by atoms with Gasteiger partial charge in [-0.1, -0.05) is 25.1 Å². The van der Waals surface area contributed by atoms with Crippen molar-refractivity contribution in [1.82, 2.24) is 5.32 Å². The average Bonchev–Trinajstić information content (AvgIpc) is 2.36. The second-order valence-electron chi connectivity index (χ2n) is 4.62. The number of hydrogen-bond donors (Lipinski definition) is 1. The third kappa shape index (κ3) is 3.18. The first-order valence-corrected chi connectivity index (χ1v) is 7.07. The van der Waals surface area contributed by atoms with Crippen LogP contribution in [0, 0.1) is 13.8 Å². The fraction of sp³-hybridized carbons (Fsp3) is 0.500. The highest BCUT2D eigenvalue weighted by Gasteiger charge is 2.29. The van der Waals surface area contributed by atoms with Gasteiger partial charge in [0.2, 0.25) is 0 Å². The van der Waals surface area contributed by atoms with Gasteiger partial charge in [-0.3, -0.25) is 4.79 Å². The minimum Gasteiger partial charge on any atom is -0.344 e. The largest absolute Gasteiger partial charge is 0.344 e. The van der Waals surface area contributed by atoms with Gasteiger partial charge in [0.05, 0.1) is 5.54 Å². The van der Waals surface area contributed by atoms with Crippen LogP contribution in [0.2, 0.25) is 0 Å². The number of nitrogens with one attached hydrogen (secondary N) is 1. The summed E-state index contributed by atoms with van der Waals surface area (Å²) in [5.74, 6) is 0.515. The molecule has 18 heavy (non-hydrogen) atoms. The van der Waals surface area contributed by atoms with Crippen LogP contribution < -0.4 is 5.32 Å². The average molecular weight is 288 g/mol. The molecule has 0 bridgehead atoms. The molecule has 0 aliphatic heterocycles. The smallest absolute Gasteiger partial charge is 0.252 e. The zero-order valence-electron chi connectivity index (χ0n) is 11.0. The summed E-state index contributed by atoms with van der Waals surface area (Å²) in [5.41, 5.74) is 2.10. The van der Waals surface area contributed by atoms with E-state index in [0.29, 0.717) is 23.7 Å². The molecule has 0 spiro atoms. The van der Waals surface area contributed by atoms with Crippen molar-refractivity contribution in [2.24, 2.45) is 0 Å². The van der Waals surface area contributed by atoms with Crippen molar-refractivity contribution >= 4 is 29.1 Å². The van der Waals surface area contributed by atoms with E-state index in [4.69, 9.17) is 23.2 Å². The van der Waals surface area contributed by atoms with E-state index < -0.39 is 5.54 Å². The lowest BCUT2D eigenvalue weighted by Crippen LogP contribution is -2.51. The zero-order valence-corrected chi connectivity index (χ0v) is 12.5. The summed E-state index contributed by atoms with van der Waals surface area (Å²) in [6.45, 7) is 5.82. The molecule has 0 radical (unpaired) electrons. The Kier molecular flexibility index (Phi) is 5.48. The maximum atomic E-state index is 12.4. The van der Waals surface area contributed by atoms with Gasteiger partial charge in [0, 0.05) is 17.3 Å². The van der Waals surface area contributed by atoms with Crippen LogP contribution in [0.1, 0.15) is 34.8 Å². The summed E-state index contributed by atoms with van der Waals surface area (Å²) in [7, 11) is 0. The second-order valence-corrected chi connectivity index (χ2v) is 5.16. The quantitative estimate of drug-likeness (QED) is 0.823. The number of alkyl halides is 2. The van der Waals surface area contributed by atoms with Gasteiger partial charge in [-0.25, -0.2) is 0 Å². The van der Waals surface area contributed by atoms with Crippen molar-refractivity contribution in [3.05, 3.63) is 34.9 Å². The molecule has 0 unspecified atom stereocenters. The fourth-order valence-electron chi connectivity index (χ4n) is 1.86. The van der Waals surface area contributed by atoms with Crippen molar-refractivity contribution in [1.29, 1.82) is 0 Å². The molecule has 0 aliphatic rings. The summed E-state index contributed by atoms with van der Waals surface area (Å²) in [4.78, 5) is 12.4. The topological polar surface area (TPSA) is 29.1 Å². The zero-order chi connectivity index (χ0) is 13.8. The SMILES string of the molecule is CCC(CCl)(CCl)NC(=O)c1c(C)cccc1C. The molecule has 1 rings (SSSR count). The molecule has 0 fully saturated rings. The van der Waals surface area contributed by atoms with E-state index in [9.17, 15) is 4.79 Å². The summed E-state index contributed by atoms with van der Waals surface area (Å²) < 4.78 is 0. The van der Waals surface area contributed by atoms with Gasteiger partial charge < -0.3 is 5.32 Å². The Bertz CT molecular complexity index is 399. The number of carbonyl (C=O) groups is 1. The molecule has 0 aliphatic carbocycles. The molecule has 0 atom stereocenters. The maximum absolute atomic E-state index is 12.4. The van der Waals surface area contributed by atoms with E-state index in [0.717, 1.165) is 11.1 Å². The minimum absolute atomic E-state index is 0.103. The lowest BCUT2D eigenvalue weighted by Gasteiger charge is -2.30. The van der Waals surface area contributed by atoms with E-state index in [1.165, 1.54) is 0 Å². The highest BCUT2D eigenvalue weighted by Crippen LogP contribution is 2.18. The van der Waals surface area contributed by atoms with E-state index in [2.05, 4.69) is 5.32 Å². The Balaban J connectivity index is 3.02. The molecule has 100 valence electrons. The first kappa shape index (κ1) is 15.3. The van der Waals surface area contributed by atoms with Crippen molar-refractivity contribution in [3.8, 4) is 0 Å². The number of aryl methyl sites for hydroxylation is 2. The Morgan fingerprint density at radius 3 is 2.11 bits per heavy atom. The first-order valence-electron chi connectivity index (χ1n) is 6.00. The van der Waals surface area contributed by atoms with E-state index in [1.807, 2.05) is 39.0 Å². The lowest BCUT2D eigenvalue weighted by atomic mass is 9.97. The van der Waals surface area contributed by atoms with Gasteiger partial charge in [0.1, 0.15) is 0 Å². The van der Waals surface area contributed by atoms with Crippen LogP contribution >= 0.6 is 23.2 Å². The van der Waals surface area contributed by atoms with Crippen LogP contribution in [0.5, 0.6) is 0 Å². The van der Waals surface area contributed by atoms with Crippen molar-refractivity contribution in [2.45, 2.75) is 32.7 Å². The van der Waals surface area contributed by atoms with Gasteiger partial charge in [-0.2, -0.15) is 0 Å². The molecular formula is C14H19Cl2NO. The van der Waals surface area contributed by atoms with Gasteiger partial charge in [0.15, 0.2) is 0 Å². The van der Waals surface area contributed by atoms with E-state index in [1.54, 1.807) is 0 Å². The Hall–Kier alpha value is -0.730. The molecule has 1 amide bonds. The number of hydrogen-bond acceptors (Lipinski definition) is 1. The molecule has 1 N–H and O–H groups in total. The van der Waals surface area contributed by atoms with Crippen LogP contribution in [-0.4, -0.2) is 23.2 Å². The standard InChI is InChI=1S/C14H19Cl2NO/c1-4-14(8-15,9-16)17-13(18)12-10(2)6-5-7-11(12)3/h5-7H,4,8-9H2,1-3H3,(H,17,18). The highest BCUT2D eigenvalue weighted by molar-refractivity contribution is 6.22. The van der Waals surface area contributed by atoms with Gasteiger partial charge in [0.25, 0.3) is 5.91 Å². The highest BCUT2D eigenvalue weighted by atomic mass is 35.5. The van der Waals surface area contributed by atoms with Crippen molar-refractivity contribution in [3.63, 3.8) is 0 Å². The first-order chi connectivity index (χ1) is 8.49. The van der Waals surface area contributed by atoms with Gasteiger partial charge in [-0.05, 0) is 31.4 Å². The molecular weight excluding hydrogens is 269 g/mol.